The summed E-state index contributed by atoms with van der Waals surface area (Å²) in [5.74, 6) is -0.625. The fraction of sp³-hybridized carbons (Fsp3) is 0.857. The number of carbonyl (C=O) groups is 2. The maximum atomic E-state index is 10.5. The van der Waals surface area contributed by atoms with Crippen molar-refractivity contribution in [2.75, 3.05) is 66.1 Å². The van der Waals surface area contributed by atoms with Crippen LogP contribution in [0.3, 0.4) is 0 Å². The fourth-order valence-electron chi connectivity index (χ4n) is 1.25. The van der Waals surface area contributed by atoms with E-state index in [1.165, 1.54) is 13.8 Å². The van der Waals surface area contributed by atoms with E-state index in [9.17, 15) is 9.59 Å². The largest absolute Gasteiger partial charge is 0.463 e. The molecule has 22 heavy (non-hydrogen) atoms. The summed E-state index contributed by atoms with van der Waals surface area (Å²) >= 11 is 0. The van der Waals surface area contributed by atoms with Crippen LogP contribution in [-0.4, -0.2) is 78.0 Å². The fourth-order valence-corrected chi connectivity index (χ4v) is 1.25. The Morgan fingerprint density at radius 1 is 0.500 bits per heavy atom. The van der Waals surface area contributed by atoms with Gasteiger partial charge in [0.1, 0.15) is 13.2 Å². The van der Waals surface area contributed by atoms with Crippen molar-refractivity contribution in [3.8, 4) is 0 Å². The van der Waals surface area contributed by atoms with Crippen molar-refractivity contribution in [1.29, 1.82) is 0 Å². The highest BCUT2D eigenvalue weighted by Gasteiger charge is 1.95. The summed E-state index contributed by atoms with van der Waals surface area (Å²) in [5, 5.41) is 0. The number of hydrogen-bond donors (Lipinski definition) is 0. The first-order valence-electron chi connectivity index (χ1n) is 7.20. The van der Waals surface area contributed by atoms with Crippen LogP contribution in [0.5, 0.6) is 0 Å². The van der Waals surface area contributed by atoms with E-state index in [4.69, 9.17) is 28.4 Å². The van der Waals surface area contributed by atoms with Gasteiger partial charge in [-0.2, -0.15) is 0 Å². The molecule has 0 N–H and O–H groups in total. The van der Waals surface area contributed by atoms with Crippen molar-refractivity contribution in [2.45, 2.75) is 13.8 Å². The standard InChI is InChI=1S/C14H26O8/c1-13(15)21-11-9-19-7-5-17-3-4-18-6-8-20-10-12-22-14(2)16/h3-12H2,1-2H3. The van der Waals surface area contributed by atoms with Gasteiger partial charge in [-0.1, -0.05) is 0 Å². The molecular formula is C14H26O8. The Bertz CT molecular complexity index is 254. The Morgan fingerprint density at radius 2 is 0.727 bits per heavy atom. The monoisotopic (exact) mass is 322 g/mol. The molecule has 0 unspecified atom stereocenters. The third-order valence-corrected chi connectivity index (χ3v) is 2.18. The third-order valence-electron chi connectivity index (χ3n) is 2.18. The van der Waals surface area contributed by atoms with Gasteiger partial charge < -0.3 is 28.4 Å². The maximum Gasteiger partial charge on any atom is 0.302 e. The van der Waals surface area contributed by atoms with E-state index in [1.807, 2.05) is 0 Å². The molecule has 8 heteroatoms. The summed E-state index contributed by atoms with van der Waals surface area (Å²) in [6.45, 7) is 6.72. The molecule has 0 aliphatic carbocycles. The zero-order valence-electron chi connectivity index (χ0n) is 13.3. The molecule has 0 rings (SSSR count). The van der Waals surface area contributed by atoms with Gasteiger partial charge >= 0.3 is 11.9 Å². The molecule has 0 aromatic carbocycles. The second-order valence-electron chi connectivity index (χ2n) is 4.13. The molecule has 130 valence electrons. The molecule has 0 bridgehead atoms. The molecule has 0 heterocycles. The van der Waals surface area contributed by atoms with Crippen LogP contribution in [-0.2, 0) is 38.0 Å². The minimum absolute atomic E-state index is 0.260. The van der Waals surface area contributed by atoms with Crippen LogP contribution in [0.15, 0.2) is 0 Å². The van der Waals surface area contributed by atoms with Gasteiger partial charge in [0.2, 0.25) is 0 Å². The van der Waals surface area contributed by atoms with Crippen LogP contribution in [0.25, 0.3) is 0 Å². The summed E-state index contributed by atoms with van der Waals surface area (Å²) in [4.78, 5) is 20.9. The summed E-state index contributed by atoms with van der Waals surface area (Å²) in [6.07, 6.45) is 0. The number of hydrogen-bond acceptors (Lipinski definition) is 8. The lowest BCUT2D eigenvalue weighted by molar-refractivity contribution is -0.143. The molecule has 8 nitrogen and oxygen atoms in total. The molecular weight excluding hydrogens is 296 g/mol. The molecule has 0 spiro atoms. The Morgan fingerprint density at radius 3 is 0.955 bits per heavy atom. The van der Waals surface area contributed by atoms with Gasteiger partial charge in [0.25, 0.3) is 0 Å². The van der Waals surface area contributed by atoms with Crippen LogP contribution in [0, 0.1) is 0 Å². The Hall–Kier alpha value is -1.22. The first-order valence-corrected chi connectivity index (χ1v) is 7.20. The highest BCUT2D eigenvalue weighted by atomic mass is 16.6. The minimum atomic E-state index is -0.313. The van der Waals surface area contributed by atoms with Crippen LogP contribution in [0.1, 0.15) is 13.8 Å². The van der Waals surface area contributed by atoms with E-state index in [2.05, 4.69) is 0 Å². The molecule has 0 saturated heterocycles. The van der Waals surface area contributed by atoms with Crippen LogP contribution in [0.2, 0.25) is 0 Å². The average molecular weight is 322 g/mol. The van der Waals surface area contributed by atoms with E-state index in [0.29, 0.717) is 52.9 Å². The number of rotatable bonds is 15. The molecule has 0 aromatic rings. The van der Waals surface area contributed by atoms with E-state index in [-0.39, 0.29) is 25.2 Å². The summed E-state index contributed by atoms with van der Waals surface area (Å²) in [6, 6.07) is 0. The molecule has 0 amide bonds. The predicted molar refractivity (Wildman–Crippen MR) is 76.5 cm³/mol. The molecule has 0 radical (unpaired) electrons. The quantitative estimate of drug-likeness (QED) is 0.311. The number of carbonyl (C=O) groups excluding carboxylic acids is 2. The summed E-state index contributed by atoms with van der Waals surface area (Å²) in [7, 11) is 0. The van der Waals surface area contributed by atoms with Crippen molar-refractivity contribution in [3.05, 3.63) is 0 Å². The van der Waals surface area contributed by atoms with Crippen LogP contribution >= 0.6 is 0 Å². The van der Waals surface area contributed by atoms with Gasteiger partial charge in [0.05, 0.1) is 52.9 Å². The van der Waals surface area contributed by atoms with Gasteiger partial charge in [-0.25, -0.2) is 0 Å². The van der Waals surface area contributed by atoms with Crippen LogP contribution in [0.4, 0.5) is 0 Å². The van der Waals surface area contributed by atoms with Crippen molar-refractivity contribution in [1.82, 2.24) is 0 Å². The first-order chi connectivity index (χ1) is 10.6. The van der Waals surface area contributed by atoms with E-state index in [1.54, 1.807) is 0 Å². The normalized spacial score (nSPS) is 10.5. The minimum Gasteiger partial charge on any atom is -0.463 e. The molecule has 0 aliphatic rings. The highest BCUT2D eigenvalue weighted by molar-refractivity contribution is 5.66. The summed E-state index contributed by atoms with van der Waals surface area (Å²) in [5.41, 5.74) is 0. The van der Waals surface area contributed by atoms with Crippen molar-refractivity contribution < 1.29 is 38.0 Å². The van der Waals surface area contributed by atoms with Crippen LogP contribution < -0.4 is 0 Å². The zero-order chi connectivity index (χ0) is 16.5. The van der Waals surface area contributed by atoms with Crippen molar-refractivity contribution in [3.63, 3.8) is 0 Å². The zero-order valence-corrected chi connectivity index (χ0v) is 13.3. The lowest BCUT2D eigenvalue weighted by atomic mass is 10.7. The average Bonchev–Trinajstić information content (AvgIpc) is 2.46. The molecule has 0 fully saturated rings. The van der Waals surface area contributed by atoms with Gasteiger partial charge in [-0.05, 0) is 0 Å². The highest BCUT2D eigenvalue weighted by Crippen LogP contribution is 1.84. The van der Waals surface area contributed by atoms with Gasteiger partial charge in [-0.15, -0.1) is 0 Å². The smallest absolute Gasteiger partial charge is 0.302 e. The molecule has 0 aliphatic heterocycles. The van der Waals surface area contributed by atoms with Gasteiger partial charge in [-0.3, -0.25) is 9.59 Å². The Balaban J connectivity index is 2.99. The maximum absolute atomic E-state index is 10.5. The molecule has 0 saturated carbocycles. The predicted octanol–water partition coefficient (Wildman–Crippen LogP) is 0.179. The SMILES string of the molecule is CC(=O)OCCOCCOCCOCCOCCOC(C)=O. The van der Waals surface area contributed by atoms with E-state index < -0.39 is 0 Å². The second-order valence-corrected chi connectivity index (χ2v) is 4.13. The first kappa shape index (κ1) is 20.8. The Kier molecular flexibility index (Phi) is 15.3. The molecule has 0 aromatic heterocycles. The molecule has 0 atom stereocenters. The van der Waals surface area contributed by atoms with Gasteiger partial charge in [0.15, 0.2) is 0 Å². The lowest BCUT2D eigenvalue weighted by Crippen LogP contribution is -2.14. The lowest BCUT2D eigenvalue weighted by Gasteiger charge is -2.07. The number of ether oxygens (including phenoxy) is 6. The van der Waals surface area contributed by atoms with E-state index >= 15 is 0 Å². The Labute approximate surface area is 130 Å². The van der Waals surface area contributed by atoms with Crippen molar-refractivity contribution in [2.24, 2.45) is 0 Å². The van der Waals surface area contributed by atoms with Gasteiger partial charge in [0, 0.05) is 13.8 Å². The van der Waals surface area contributed by atoms with Crippen molar-refractivity contribution >= 4 is 11.9 Å². The number of esters is 2. The topological polar surface area (TPSA) is 89.5 Å². The van der Waals surface area contributed by atoms with E-state index in [0.717, 1.165) is 0 Å². The second kappa shape index (κ2) is 16.2. The summed E-state index contributed by atoms with van der Waals surface area (Å²) < 4.78 is 30.3. The third kappa shape index (κ3) is 18.8.